The maximum atomic E-state index is 12.4. The molecular formula is C9H14FN3. The summed E-state index contributed by atoms with van der Waals surface area (Å²) in [6.07, 6.45) is 4.35. The normalized spacial score (nSPS) is 10.5. The highest BCUT2D eigenvalue weighted by atomic mass is 19.1. The van der Waals surface area contributed by atoms with Crippen molar-refractivity contribution < 1.29 is 4.39 Å². The van der Waals surface area contributed by atoms with Gasteiger partial charge in [-0.3, -0.25) is 0 Å². The summed E-state index contributed by atoms with van der Waals surface area (Å²) in [7, 11) is 0. The van der Waals surface area contributed by atoms with Gasteiger partial charge >= 0.3 is 0 Å². The molecule has 1 rings (SSSR count). The van der Waals surface area contributed by atoms with Gasteiger partial charge in [0, 0.05) is 6.04 Å². The maximum absolute atomic E-state index is 12.4. The quantitative estimate of drug-likeness (QED) is 0.777. The Balaban J connectivity index is 2.58. The van der Waals surface area contributed by atoms with E-state index in [1.165, 1.54) is 0 Å². The van der Waals surface area contributed by atoms with E-state index in [1.54, 1.807) is 0 Å². The summed E-state index contributed by atoms with van der Waals surface area (Å²) < 4.78 is 12.4. The van der Waals surface area contributed by atoms with Crippen molar-refractivity contribution in [1.29, 1.82) is 0 Å². The minimum absolute atomic E-state index is 0.366. The lowest BCUT2D eigenvalue weighted by molar-refractivity contribution is 0.610. The van der Waals surface area contributed by atoms with E-state index in [9.17, 15) is 4.39 Å². The van der Waals surface area contributed by atoms with Crippen LogP contribution in [0.3, 0.4) is 0 Å². The summed E-state index contributed by atoms with van der Waals surface area (Å²) in [5.74, 6) is 0.0881. The fourth-order valence-corrected chi connectivity index (χ4v) is 1.06. The smallest absolute Gasteiger partial charge is 0.222 e. The molecular weight excluding hydrogens is 169 g/mol. The fourth-order valence-electron chi connectivity index (χ4n) is 1.06. The van der Waals surface area contributed by atoms with Crippen molar-refractivity contribution in [2.45, 2.75) is 32.7 Å². The van der Waals surface area contributed by atoms with Gasteiger partial charge in [-0.2, -0.15) is 0 Å². The number of hydrogen-bond donors (Lipinski definition) is 1. The molecule has 72 valence electrons. The van der Waals surface area contributed by atoms with Crippen LogP contribution in [0.4, 0.5) is 10.3 Å². The largest absolute Gasteiger partial charge is 0.352 e. The lowest BCUT2D eigenvalue weighted by Gasteiger charge is -2.13. The molecule has 0 saturated heterocycles. The van der Waals surface area contributed by atoms with Gasteiger partial charge in [0.2, 0.25) is 5.95 Å². The first kappa shape index (κ1) is 9.89. The number of nitrogens with one attached hydrogen (secondary N) is 1. The third-order valence-electron chi connectivity index (χ3n) is 1.94. The van der Waals surface area contributed by atoms with Crippen molar-refractivity contribution in [3.8, 4) is 0 Å². The summed E-state index contributed by atoms with van der Waals surface area (Å²) in [6.45, 7) is 4.18. The van der Waals surface area contributed by atoms with Crippen molar-refractivity contribution >= 4 is 5.95 Å². The molecule has 0 unspecified atom stereocenters. The van der Waals surface area contributed by atoms with Gasteiger partial charge in [0.1, 0.15) is 0 Å². The average molecular weight is 183 g/mol. The number of nitrogens with zero attached hydrogens (tertiary/aromatic N) is 2. The summed E-state index contributed by atoms with van der Waals surface area (Å²) in [4.78, 5) is 7.63. The van der Waals surface area contributed by atoms with E-state index < -0.39 is 5.82 Å². The SMILES string of the molecule is CCC(CC)Nc1ncc(F)cn1. The number of halogens is 1. The van der Waals surface area contributed by atoms with Crippen molar-refractivity contribution in [3.63, 3.8) is 0 Å². The molecule has 1 heterocycles. The first-order chi connectivity index (χ1) is 6.26. The van der Waals surface area contributed by atoms with Crippen LogP contribution >= 0.6 is 0 Å². The molecule has 0 aromatic carbocycles. The van der Waals surface area contributed by atoms with Crippen LogP contribution in [0.2, 0.25) is 0 Å². The molecule has 0 saturated carbocycles. The van der Waals surface area contributed by atoms with Crippen LogP contribution in [0.5, 0.6) is 0 Å². The molecule has 1 aromatic heterocycles. The standard InChI is InChI=1S/C9H14FN3/c1-3-8(4-2)13-9-11-5-7(10)6-12-9/h5-6,8H,3-4H2,1-2H3,(H,11,12,13). The van der Waals surface area contributed by atoms with Crippen LogP contribution in [-0.4, -0.2) is 16.0 Å². The lowest BCUT2D eigenvalue weighted by atomic mass is 10.2. The van der Waals surface area contributed by atoms with E-state index in [-0.39, 0.29) is 0 Å². The number of aromatic nitrogens is 2. The molecule has 1 aromatic rings. The summed E-state index contributed by atoms with van der Waals surface area (Å²) in [6, 6.07) is 0.366. The first-order valence-electron chi connectivity index (χ1n) is 4.50. The van der Waals surface area contributed by atoms with Crippen LogP contribution < -0.4 is 5.32 Å². The second-order valence-electron chi connectivity index (χ2n) is 2.88. The molecule has 0 atom stereocenters. The molecule has 3 nitrogen and oxygen atoms in total. The van der Waals surface area contributed by atoms with Crippen LogP contribution in [0.15, 0.2) is 12.4 Å². The molecule has 0 spiro atoms. The van der Waals surface area contributed by atoms with Gasteiger partial charge in [-0.1, -0.05) is 13.8 Å². The van der Waals surface area contributed by atoms with E-state index in [4.69, 9.17) is 0 Å². The van der Waals surface area contributed by atoms with Crippen LogP contribution in [0.25, 0.3) is 0 Å². The Morgan fingerprint density at radius 3 is 2.31 bits per heavy atom. The first-order valence-corrected chi connectivity index (χ1v) is 4.50. The fraction of sp³-hybridized carbons (Fsp3) is 0.556. The number of rotatable bonds is 4. The molecule has 13 heavy (non-hydrogen) atoms. The molecule has 0 bridgehead atoms. The Labute approximate surface area is 77.4 Å². The predicted octanol–water partition coefficient (Wildman–Crippen LogP) is 2.22. The minimum atomic E-state index is -0.407. The molecule has 0 aliphatic heterocycles. The van der Waals surface area contributed by atoms with Gasteiger partial charge in [0.15, 0.2) is 5.82 Å². The van der Waals surface area contributed by atoms with Crippen molar-refractivity contribution in [2.24, 2.45) is 0 Å². The average Bonchev–Trinajstić information content (AvgIpc) is 2.17. The summed E-state index contributed by atoms with van der Waals surface area (Å²) in [5.41, 5.74) is 0. The zero-order valence-electron chi connectivity index (χ0n) is 7.92. The summed E-state index contributed by atoms with van der Waals surface area (Å²) >= 11 is 0. The van der Waals surface area contributed by atoms with Gasteiger partial charge in [-0.05, 0) is 12.8 Å². The minimum Gasteiger partial charge on any atom is -0.352 e. The van der Waals surface area contributed by atoms with Crippen molar-refractivity contribution in [2.75, 3.05) is 5.32 Å². The number of anilines is 1. The lowest BCUT2D eigenvalue weighted by Crippen LogP contribution is -2.18. The van der Waals surface area contributed by atoms with E-state index >= 15 is 0 Å². The highest BCUT2D eigenvalue weighted by Crippen LogP contribution is 2.05. The highest BCUT2D eigenvalue weighted by Gasteiger charge is 2.04. The monoisotopic (exact) mass is 183 g/mol. The van der Waals surface area contributed by atoms with E-state index in [1.807, 2.05) is 0 Å². The Morgan fingerprint density at radius 2 is 1.85 bits per heavy atom. The van der Waals surface area contributed by atoms with Gasteiger partial charge < -0.3 is 5.32 Å². The Kier molecular flexibility index (Phi) is 3.61. The molecule has 0 fully saturated rings. The third-order valence-corrected chi connectivity index (χ3v) is 1.94. The van der Waals surface area contributed by atoms with Crippen molar-refractivity contribution in [1.82, 2.24) is 9.97 Å². The van der Waals surface area contributed by atoms with E-state index in [0.29, 0.717) is 12.0 Å². The van der Waals surface area contributed by atoms with Crippen LogP contribution in [0, 0.1) is 5.82 Å². The van der Waals surface area contributed by atoms with Gasteiger partial charge in [-0.25, -0.2) is 14.4 Å². The molecule has 0 amide bonds. The maximum Gasteiger partial charge on any atom is 0.222 e. The highest BCUT2D eigenvalue weighted by molar-refractivity contribution is 5.24. The van der Waals surface area contributed by atoms with Crippen molar-refractivity contribution in [3.05, 3.63) is 18.2 Å². The van der Waals surface area contributed by atoms with Gasteiger partial charge in [0.05, 0.1) is 12.4 Å². The molecule has 1 N–H and O–H groups in total. The van der Waals surface area contributed by atoms with Gasteiger partial charge in [0.25, 0.3) is 0 Å². The zero-order chi connectivity index (χ0) is 9.68. The zero-order valence-corrected chi connectivity index (χ0v) is 7.92. The Hall–Kier alpha value is -1.19. The molecule has 4 heteroatoms. The third kappa shape index (κ3) is 2.97. The Bertz CT molecular complexity index is 244. The van der Waals surface area contributed by atoms with Crippen LogP contribution in [-0.2, 0) is 0 Å². The number of hydrogen-bond acceptors (Lipinski definition) is 3. The van der Waals surface area contributed by atoms with Crippen LogP contribution in [0.1, 0.15) is 26.7 Å². The van der Waals surface area contributed by atoms with Gasteiger partial charge in [-0.15, -0.1) is 0 Å². The topological polar surface area (TPSA) is 37.8 Å². The Morgan fingerprint density at radius 1 is 1.31 bits per heavy atom. The molecule has 0 aliphatic rings. The molecule has 0 radical (unpaired) electrons. The van der Waals surface area contributed by atoms with E-state index in [2.05, 4.69) is 29.1 Å². The second kappa shape index (κ2) is 4.74. The molecule has 0 aliphatic carbocycles. The predicted molar refractivity (Wildman–Crippen MR) is 50.0 cm³/mol. The van der Waals surface area contributed by atoms with E-state index in [0.717, 1.165) is 25.2 Å². The summed E-state index contributed by atoms with van der Waals surface area (Å²) in [5, 5.41) is 3.12. The second-order valence-corrected chi connectivity index (χ2v) is 2.88.